The molecule has 0 saturated heterocycles. The Bertz CT molecular complexity index is 899. The van der Waals surface area contributed by atoms with Crippen LogP contribution in [0.25, 0.3) is 23.2 Å². The number of hydrogen-bond donors (Lipinski definition) is 1. The number of anilines is 1. The van der Waals surface area contributed by atoms with Crippen molar-refractivity contribution < 1.29 is 14.2 Å². The largest absolute Gasteiger partial charge is 0.482 e. The number of hydrogen-bond acceptors (Lipinski definition) is 5. The van der Waals surface area contributed by atoms with Crippen LogP contribution in [0.2, 0.25) is 0 Å². The number of rotatable bonds is 2. The van der Waals surface area contributed by atoms with E-state index in [2.05, 4.69) is 20.3 Å². The third kappa shape index (κ3) is 2.31. The van der Waals surface area contributed by atoms with Crippen molar-refractivity contribution in [2.24, 2.45) is 0 Å². The summed E-state index contributed by atoms with van der Waals surface area (Å²) in [5, 5.41) is 10.4. The molecule has 0 radical (unpaired) electrons. The molecule has 3 aromatic rings. The normalized spacial score (nSPS) is 13.9. The number of amides is 1. The highest BCUT2D eigenvalue weighted by Gasteiger charge is 2.15. The fraction of sp³-hybridized carbons (Fsp3) is 0.0625. The van der Waals surface area contributed by atoms with Crippen LogP contribution in [0.4, 0.5) is 5.69 Å². The van der Waals surface area contributed by atoms with Gasteiger partial charge in [-0.05, 0) is 45.7 Å². The Balaban J connectivity index is 1.62. The highest BCUT2D eigenvalue weighted by atomic mass is 16.6. The second-order valence-electron chi connectivity index (χ2n) is 4.94. The molecule has 0 spiro atoms. The molecule has 1 aliphatic heterocycles. The number of carbonyl (C=O) groups is 1. The number of nitrogens with zero attached hydrogens (tertiary/aromatic N) is 2. The number of nitrogens with one attached hydrogen (secondary N) is 1. The molecular formula is C16H11N3O3. The van der Waals surface area contributed by atoms with Gasteiger partial charge in [0.2, 0.25) is 0 Å². The van der Waals surface area contributed by atoms with Crippen molar-refractivity contribution in [3.05, 3.63) is 47.5 Å². The third-order valence-electron chi connectivity index (χ3n) is 3.38. The second-order valence-corrected chi connectivity index (χ2v) is 4.94. The molecule has 1 amide bonds. The lowest BCUT2D eigenvalue weighted by atomic mass is 10.1. The first-order valence-electron chi connectivity index (χ1n) is 6.75. The molecule has 1 aliphatic rings. The highest BCUT2D eigenvalue weighted by molar-refractivity contribution is 5.96. The van der Waals surface area contributed by atoms with E-state index in [1.165, 1.54) is 0 Å². The van der Waals surface area contributed by atoms with Gasteiger partial charge in [0, 0.05) is 0 Å². The Morgan fingerprint density at radius 2 is 1.77 bits per heavy atom. The van der Waals surface area contributed by atoms with E-state index in [1.807, 2.05) is 48.6 Å². The number of benzene rings is 2. The molecule has 0 aliphatic carbocycles. The zero-order valence-corrected chi connectivity index (χ0v) is 11.4. The molecule has 22 heavy (non-hydrogen) atoms. The summed E-state index contributed by atoms with van der Waals surface area (Å²) in [5.41, 5.74) is 4.08. The van der Waals surface area contributed by atoms with Gasteiger partial charge in [0.05, 0.1) is 5.69 Å². The van der Waals surface area contributed by atoms with E-state index < -0.39 is 0 Å². The summed E-state index contributed by atoms with van der Waals surface area (Å²) in [6, 6.07) is 11.3. The van der Waals surface area contributed by atoms with E-state index in [-0.39, 0.29) is 12.5 Å². The molecule has 0 saturated carbocycles. The van der Waals surface area contributed by atoms with Crippen molar-refractivity contribution in [3.63, 3.8) is 0 Å². The quantitative estimate of drug-likeness (QED) is 0.735. The van der Waals surface area contributed by atoms with Gasteiger partial charge in [-0.2, -0.15) is 0 Å². The lowest BCUT2D eigenvalue weighted by Gasteiger charge is -2.17. The van der Waals surface area contributed by atoms with Gasteiger partial charge in [0.15, 0.2) is 6.61 Å². The van der Waals surface area contributed by atoms with Crippen molar-refractivity contribution in [2.45, 2.75) is 0 Å². The topological polar surface area (TPSA) is 77.2 Å². The molecule has 0 unspecified atom stereocenters. The number of aromatic nitrogens is 2. The second kappa shape index (κ2) is 5.00. The van der Waals surface area contributed by atoms with E-state index in [0.29, 0.717) is 17.0 Å². The molecule has 0 fully saturated rings. The maximum Gasteiger partial charge on any atom is 0.262 e. The Labute approximate surface area is 125 Å². The summed E-state index contributed by atoms with van der Waals surface area (Å²) >= 11 is 0. The molecule has 6 heteroatoms. The van der Waals surface area contributed by atoms with Crippen LogP contribution in [0, 0.1) is 0 Å². The number of carbonyl (C=O) groups excluding carboxylic acids is 1. The minimum absolute atomic E-state index is 0.0634. The monoisotopic (exact) mass is 293 g/mol. The summed E-state index contributed by atoms with van der Waals surface area (Å²) in [7, 11) is 0. The molecule has 1 aromatic heterocycles. The van der Waals surface area contributed by atoms with Crippen molar-refractivity contribution in [1.29, 1.82) is 0 Å². The highest BCUT2D eigenvalue weighted by Crippen LogP contribution is 2.29. The predicted octanol–water partition coefficient (Wildman–Crippen LogP) is 2.72. The van der Waals surface area contributed by atoms with Crippen molar-refractivity contribution in [1.82, 2.24) is 10.3 Å². The third-order valence-corrected chi connectivity index (χ3v) is 3.38. The zero-order valence-electron chi connectivity index (χ0n) is 11.4. The fourth-order valence-corrected chi connectivity index (χ4v) is 2.30. The molecule has 0 bridgehead atoms. The van der Waals surface area contributed by atoms with Crippen molar-refractivity contribution in [3.8, 4) is 5.75 Å². The van der Waals surface area contributed by atoms with Crippen LogP contribution in [0.15, 0.2) is 41.0 Å². The van der Waals surface area contributed by atoms with Gasteiger partial charge < -0.3 is 10.1 Å². The molecular weight excluding hydrogens is 282 g/mol. The van der Waals surface area contributed by atoms with Crippen LogP contribution in [-0.4, -0.2) is 22.8 Å². The maximum atomic E-state index is 11.3. The average molecular weight is 293 g/mol. The van der Waals surface area contributed by atoms with E-state index in [4.69, 9.17) is 4.74 Å². The van der Waals surface area contributed by atoms with Gasteiger partial charge in [0.1, 0.15) is 16.8 Å². The Morgan fingerprint density at radius 1 is 1.00 bits per heavy atom. The molecule has 108 valence electrons. The minimum atomic E-state index is -0.141. The van der Waals surface area contributed by atoms with Crippen LogP contribution < -0.4 is 10.1 Å². The summed E-state index contributed by atoms with van der Waals surface area (Å²) < 4.78 is 10.0. The molecule has 1 N–H and O–H groups in total. The van der Waals surface area contributed by atoms with Gasteiger partial charge in [-0.25, -0.2) is 4.63 Å². The average Bonchev–Trinajstić information content (AvgIpc) is 3.00. The van der Waals surface area contributed by atoms with Gasteiger partial charge in [-0.3, -0.25) is 4.79 Å². The summed E-state index contributed by atoms with van der Waals surface area (Å²) in [6.07, 6.45) is 3.91. The van der Waals surface area contributed by atoms with E-state index in [0.717, 1.165) is 16.6 Å². The van der Waals surface area contributed by atoms with Crippen LogP contribution >= 0.6 is 0 Å². The summed E-state index contributed by atoms with van der Waals surface area (Å²) in [4.78, 5) is 11.3. The lowest BCUT2D eigenvalue weighted by Crippen LogP contribution is -2.25. The molecule has 4 rings (SSSR count). The Hall–Kier alpha value is -3.15. The smallest absolute Gasteiger partial charge is 0.262 e. The Kier molecular flexibility index (Phi) is 2.86. The van der Waals surface area contributed by atoms with Gasteiger partial charge in [-0.1, -0.05) is 24.3 Å². The molecule has 0 atom stereocenters. The first-order chi connectivity index (χ1) is 10.8. The van der Waals surface area contributed by atoms with Crippen LogP contribution in [-0.2, 0) is 4.79 Å². The van der Waals surface area contributed by atoms with Crippen molar-refractivity contribution >= 4 is 34.8 Å². The summed E-state index contributed by atoms with van der Waals surface area (Å²) in [5.74, 6) is 0.546. The lowest BCUT2D eigenvalue weighted by molar-refractivity contribution is -0.118. The molecule has 6 nitrogen and oxygen atoms in total. The van der Waals surface area contributed by atoms with Gasteiger partial charge in [0.25, 0.3) is 5.91 Å². The SMILES string of the molecule is O=C1COc2ccc(C=Cc3ccc4nonc4c3)cc2N1. The van der Waals surface area contributed by atoms with Crippen molar-refractivity contribution in [2.75, 3.05) is 11.9 Å². The fourth-order valence-electron chi connectivity index (χ4n) is 2.30. The first kappa shape index (κ1) is 12.6. The molecule has 2 heterocycles. The van der Waals surface area contributed by atoms with Crippen LogP contribution in [0.1, 0.15) is 11.1 Å². The van der Waals surface area contributed by atoms with E-state index in [1.54, 1.807) is 0 Å². The minimum Gasteiger partial charge on any atom is -0.482 e. The zero-order chi connectivity index (χ0) is 14.9. The van der Waals surface area contributed by atoms with Crippen LogP contribution in [0.5, 0.6) is 5.75 Å². The van der Waals surface area contributed by atoms with Gasteiger partial charge in [-0.15, -0.1) is 0 Å². The standard InChI is InChI=1S/C16H11N3O3/c20-16-9-21-15-6-4-11(8-14(15)17-16)2-1-10-3-5-12-13(7-10)19-22-18-12/h1-8H,9H2,(H,17,20). The van der Waals surface area contributed by atoms with E-state index in [9.17, 15) is 4.79 Å². The number of fused-ring (bicyclic) bond motifs is 2. The summed E-state index contributed by atoms with van der Waals surface area (Å²) in [6.45, 7) is 0.0634. The van der Waals surface area contributed by atoms with Gasteiger partial charge >= 0.3 is 0 Å². The predicted molar refractivity (Wildman–Crippen MR) is 81.3 cm³/mol. The maximum absolute atomic E-state index is 11.3. The van der Waals surface area contributed by atoms with Crippen LogP contribution in [0.3, 0.4) is 0 Å². The Morgan fingerprint density at radius 3 is 2.68 bits per heavy atom. The van der Waals surface area contributed by atoms with E-state index >= 15 is 0 Å². The number of ether oxygens (including phenoxy) is 1. The molecule has 2 aromatic carbocycles. The first-order valence-corrected chi connectivity index (χ1v) is 6.75.